The van der Waals surface area contributed by atoms with E-state index in [1.165, 1.54) is 25.8 Å². The molecule has 0 N–H and O–H groups in total. The Bertz CT molecular complexity index is 546. The zero-order valence-corrected chi connectivity index (χ0v) is 14.8. The number of hydrogen-bond donors (Lipinski definition) is 0. The topological polar surface area (TPSA) is 52.6 Å². The average Bonchev–Trinajstić information content (AvgIpc) is 2.45. The summed E-state index contributed by atoms with van der Waals surface area (Å²) >= 11 is 0. The first-order valence-electron chi connectivity index (χ1n) is 8.47. The van der Waals surface area contributed by atoms with E-state index in [0.717, 1.165) is 24.8 Å². The second-order valence-electron chi connectivity index (χ2n) is 7.14. The molecule has 2 aliphatic rings. The smallest absolute Gasteiger partial charge is 0.307 e. The Labute approximate surface area is 138 Å². The molecule has 0 aromatic rings. The number of fused-ring (bicyclic) bond motifs is 1. The van der Waals surface area contributed by atoms with Crippen LogP contribution >= 0.6 is 0 Å². The molecule has 0 unspecified atom stereocenters. The first-order valence-corrected chi connectivity index (χ1v) is 8.47. The molecule has 0 spiro atoms. The van der Waals surface area contributed by atoms with Crippen LogP contribution in [-0.4, -0.2) is 18.0 Å². The minimum Gasteiger partial charge on any atom is -0.462 e. The van der Waals surface area contributed by atoms with Crippen molar-refractivity contribution in [1.29, 1.82) is 0 Å². The van der Waals surface area contributed by atoms with Crippen molar-refractivity contribution in [3.63, 3.8) is 0 Å². The Morgan fingerprint density at radius 1 is 1.26 bits per heavy atom. The fraction of sp³-hybridized carbons (Fsp3) is 0.684. The van der Waals surface area contributed by atoms with Crippen LogP contribution in [-0.2, 0) is 19.1 Å². The molecule has 128 valence electrons. The third-order valence-corrected chi connectivity index (χ3v) is 5.63. The van der Waals surface area contributed by atoms with E-state index in [0.29, 0.717) is 5.92 Å². The molecular formula is C19H28O4. The van der Waals surface area contributed by atoms with Gasteiger partial charge in [-0.1, -0.05) is 25.5 Å². The van der Waals surface area contributed by atoms with Gasteiger partial charge in [0, 0.05) is 31.6 Å². The number of esters is 2. The quantitative estimate of drug-likeness (QED) is 0.445. The predicted molar refractivity (Wildman–Crippen MR) is 88.4 cm³/mol. The summed E-state index contributed by atoms with van der Waals surface area (Å²) < 4.78 is 10.7. The van der Waals surface area contributed by atoms with E-state index in [1.54, 1.807) is 6.26 Å². The number of carbonyl (C=O) groups excluding carboxylic acids is 2. The Balaban J connectivity index is 2.43. The fourth-order valence-electron chi connectivity index (χ4n) is 4.44. The van der Waals surface area contributed by atoms with Crippen molar-refractivity contribution < 1.29 is 19.1 Å². The lowest BCUT2D eigenvalue weighted by atomic mass is 9.53. The van der Waals surface area contributed by atoms with Gasteiger partial charge in [-0.05, 0) is 37.7 Å². The maximum absolute atomic E-state index is 11.5. The van der Waals surface area contributed by atoms with Gasteiger partial charge in [0.2, 0.25) is 0 Å². The monoisotopic (exact) mass is 320 g/mol. The van der Waals surface area contributed by atoms with Crippen molar-refractivity contribution in [3.05, 3.63) is 23.5 Å². The standard InChI is InChI=1S/C19H28O4/c1-12(11-22-14(3)20)18-17(23-15(4)21)10-9-16-8-6-7-13(2)19(16,18)5/h9,11,13,17-18H,6-8,10H2,1-5H3/b12-11-/t13-,17-,18-,19+/m0/s1. The molecule has 23 heavy (non-hydrogen) atoms. The van der Waals surface area contributed by atoms with Crippen molar-refractivity contribution in [2.75, 3.05) is 0 Å². The normalized spacial score (nSPS) is 34.2. The first-order chi connectivity index (χ1) is 10.8. The van der Waals surface area contributed by atoms with E-state index in [1.807, 2.05) is 6.92 Å². The summed E-state index contributed by atoms with van der Waals surface area (Å²) in [5.74, 6) is -0.0569. The van der Waals surface area contributed by atoms with Crippen LogP contribution in [0.3, 0.4) is 0 Å². The van der Waals surface area contributed by atoms with Gasteiger partial charge in [0.15, 0.2) is 0 Å². The summed E-state index contributed by atoms with van der Waals surface area (Å²) in [6, 6.07) is 0. The Morgan fingerprint density at radius 2 is 1.96 bits per heavy atom. The molecule has 0 aliphatic heterocycles. The lowest BCUT2D eigenvalue weighted by molar-refractivity contribution is -0.152. The summed E-state index contributed by atoms with van der Waals surface area (Å²) in [6.07, 6.45) is 7.81. The first kappa shape index (κ1) is 17.8. The van der Waals surface area contributed by atoms with Crippen LogP contribution in [0.2, 0.25) is 0 Å². The van der Waals surface area contributed by atoms with E-state index in [9.17, 15) is 9.59 Å². The van der Waals surface area contributed by atoms with Crippen LogP contribution in [0.1, 0.15) is 60.3 Å². The molecular weight excluding hydrogens is 292 g/mol. The molecule has 0 aromatic heterocycles. The van der Waals surface area contributed by atoms with Crippen molar-refractivity contribution in [2.24, 2.45) is 17.3 Å². The van der Waals surface area contributed by atoms with Gasteiger partial charge < -0.3 is 9.47 Å². The predicted octanol–water partition coefficient (Wildman–Crippen LogP) is 4.16. The second kappa shape index (κ2) is 6.90. The molecule has 0 amide bonds. The van der Waals surface area contributed by atoms with Crippen molar-refractivity contribution >= 4 is 11.9 Å². The summed E-state index contributed by atoms with van der Waals surface area (Å²) in [5, 5.41) is 0. The van der Waals surface area contributed by atoms with E-state index in [-0.39, 0.29) is 29.4 Å². The number of carbonyl (C=O) groups is 2. The highest BCUT2D eigenvalue weighted by molar-refractivity contribution is 5.67. The van der Waals surface area contributed by atoms with E-state index >= 15 is 0 Å². The molecule has 0 heterocycles. The molecule has 0 radical (unpaired) electrons. The van der Waals surface area contributed by atoms with Gasteiger partial charge in [-0.15, -0.1) is 0 Å². The van der Waals surface area contributed by atoms with Gasteiger partial charge in [-0.2, -0.15) is 0 Å². The zero-order chi connectivity index (χ0) is 17.2. The van der Waals surface area contributed by atoms with E-state index < -0.39 is 0 Å². The van der Waals surface area contributed by atoms with Crippen molar-refractivity contribution in [1.82, 2.24) is 0 Å². The molecule has 0 aromatic carbocycles. The highest BCUT2D eigenvalue weighted by Gasteiger charge is 2.50. The molecule has 2 rings (SSSR count). The van der Waals surface area contributed by atoms with Crippen molar-refractivity contribution in [3.8, 4) is 0 Å². The Hall–Kier alpha value is -1.58. The maximum atomic E-state index is 11.5. The number of allylic oxidation sites excluding steroid dienone is 1. The molecule has 1 fully saturated rings. The molecule has 0 bridgehead atoms. The van der Waals surface area contributed by atoms with Gasteiger partial charge in [0.25, 0.3) is 0 Å². The third kappa shape index (κ3) is 3.51. The lowest BCUT2D eigenvalue weighted by Crippen LogP contribution is -2.48. The lowest BCUT2D eigenvalue weighted by Gasteiger charge is -2.52. The molecule has 2 aliphatic carbocycles. The number of ether oxygens (including phenoxy) is 2. The number of hydrogen-bond acceptors (Lipinski definition) is 4. The SMILES string of the molecule is CC(=O)O/C=C(/C)[C@H]1[C@@H](OC(C)=O)CC=C2CCC[C@H](C)[C@]21C. The van der Waals surface area contributed by atoms with Crippen LogP contribution in [0, 0.1) is 17.3 Å². The van der Waals surface area contributed by atoms with Crippen LogP contribution in [0.5, 0.6) is 0 Å². The van der Waals surface area contributed by atoms with Gasteiger partial charge >= 0.3 is 11.9 Å². The van der Waals surface area contributed by atoms with Gasteiger partial charge in [-0.25, -0.2) is 0 Å². The van der Waals surface area contributed by atoms with Gasteiger partial charge in [-0.3, -0.25) is 9.59 Å². The van der Waals surface area contributed by atoms with Crippen LogP contribution < -0.4 is 0 Å². The van der Waals surface area contributed by atoms with Gasteiger partial charge in [0.1, 0.15) is 6.10 Å². The summed E-state index contributed by atoms with van der Waals surface area (Å²) in [5.41, 5.74) is 2.37. The maximum Gasteiger partial charge on any atom is 0.307 e. The molecule has 4 heteroatoms. The van der Waals surface area contributed by atoms with Crippen molar-refractivity contribution in [2.45, 2.75) is 66.4 Å². The van der Waals surface area contributed by atoms with Crippen LogP contribution in [0.25, 0.3) is 0 Å². The summed E-state index contributed by atoms with van der Waals surface area (Å²) in [6.45, 7) is 9.36. The van der Waals surface area contributed by atoms with Gasteiger partial charge in [0.05, 0.1) is 6.26 Å². The fourth-order valence-corrected chi connectivity index (χ4v) is 4.44. The van der Waals surface area contributed by atoms with Crippen LogP contribution in [0.4, 0.5) is 0 Å². The molecule has 0 saturated heterocycles. The molecule has 4 nitrogen and oxygen atoms in total. The van der Waals surface area contributed by atoms with E-state index in [4.69, 9.17) is 9.47 Å². The highest BCUT2D eigenvalue weighted by Crippen LogP contribution is 2.56. The minimum atomic E-state index is -0.332. The molecule has 1 saturated carbocycles. The van der Waals surface area contributed by atoms with E-state index in [2.05, 4.69) is 19.9 Å². The minimum absolute atomic E-state index is 0.0426. The largest absolute Gasteiger partial charge is 0.462 e. The Morgan fingerprint density at radius 3 is 2.57 bits per heavy atom. The average molecular weight is 320 g/mol. The highest BCUT2D eigenvalue weighted by atomic mass is 16.5. The summed E-state index contributed by atoms with van der Waals surface area (Å²) in [4.78, 5) is 22.7. The van der Waals surface area contributed by atoms with Crippen LogP contribution in [0.15, 0.2) is 23.5 Å². The third-order valence-electron chi connectivity index (χ3n) is 5.63. The zero-order valence-electron chi connectivity index (χ0n) is 14.8. The number of rotatable bonds is 3. The molecule has 4 atom stereocenters. The summed E-state index contributed by atoms with van der Waals surface area (Å²) in [7, 11) is 0. The second-order valence-corrected chi connectivity index (χ2v) is 7.14. The Kier molecular flexibility index (Phi) is 5.33.